The molecule has 1 aliphatic heterocycles. The summed E-state index contributed by atoms with van der Waals surface area (Å²) in [6.45, 7) is 4.70. The van der Waals surface area contributed by atoms with Crippen molar-refractivity contribution in [1.82, 2.24) is 14.9 Å². The summed E-state index contributed by atoms with van der Waals surface area (Å²) < 4.78 is 24.3. The molecule has 2 heterocycles. The first-order valence-corrected chi connectivity index (χ1v) is 9.43. The molecule has 20 heavy (non-hydrogen) atoms. The van der Waals surface area contributed by atoms with E-state index in [1.807, 2.05) is 11.8 Å². The third kappa shape index (κ3) is 3.62. The van der Waals surface area contributed by atoms with Crippen LogP contribution in [0.1, 0.15) is 18.4 Å². The first-order chi connectivity index (χ1) is 9.42. The van der Waals surface area contributed by atoms with Crippen LogP contribution in [0.2, 0.25) is 0 Å². The quantitative estimate of drug-likeness (QED) is 0.873. The fourth-order valence-corrected chi connectivity index (χ4v) is 5.31. The van der Waals surface area contributed by atoms with Crippen LogP contribution in [0.4, 0.5) is 5.82 Å². The van der Waals surface area contributed by atoms with E-state index in [9.17, 15) is 8.42 Å². The van der Waals surface area contributed by atoms with E-state index in [1.54, 1.807) is 24.8 Å². The Hall–Kier alpha value is -0.860. The van der Waals surface area contributed by atoms with Gasteiger partial charge in [-0.05, 0) is 6.92 Å². The number of anilines is 1. The molecule has 0 aliphatic carbocycles. The zero-order valence-electron chi connectivity index (χ0n) is 11.7. The Balaban J connectivity index is 2.21. The van der Waals surface area contributed by atoms with Gasteiger partial charge in [0.05, 0.1) is 6.54 Å². The normalized spacial score (nSPS) is 21.0. The van der Waals surface area contributed by atoms with Crippen LogP contribution < -0.4 is 5.73 Å². The predicted octanol–water partition coefficient (Wildman–Crippen LogP) is 0.677. The number of nitrogen functional groups attached to an aromatic ring is 1. The molecule has 1 fully saturated rings. The molecule has 8 heteroatoms. The van der Waals surface area contributed by atoms with Gasteiger partial charge in [-0.25, -0.2) is 18.4 Å². The van der Waals surface area contributed by atoms with Gasteiger partial charge in [0, 0.05) is 35.6 Å². The molecular formula is C12H20N4O2S2. The molecule has 2 rings (SSSR count). The van der Waals surface area contributed by atoms with Crippen molar-refractivity contribution in [1.29, 1.82) is 0 Å². The van der Waals surface area contributed by atoms with Crippen molar-refractivity contribution in [2.24, 2.45) is 0 Å². The summed E-state index contributed by atoms with van der Waals surface area (Å²) in [5.74, 6) is 2.71. The molecular weight excluding hydrogens is 296 g/mol. The van der Waals surface area contributed by atoms with Gasteiger partial charge in [-0.15, -0.1) is 0 Å². The van der Waals surface area contributed by atoms with Gasteiger partial charge in [-0.3, -0.25) is 4.90 Å². The number of hydrogen-bond acceptors (Lipinski definition) is 7. The Morgan fingerprint density at radius 3 is 2.90 bits per heavy atom. The molecule has 6 nitrogen and oxygen atoms in total. The van der Waals surface area contributed by atoms with E-state index in [4.69, 9.17) is 5.73 Å². The fourth-order valence-electron chi connectivity index (χ4n) is 2.23. The van der Waals surface area contributed by atoms with Crippen LogP contribution >= 0.6 is 11.8 Å². The predicted molar refractivity (Wildman–Crippen MR) is 82.2 cm³/mol. The molecule has 1 aromatic heterocycles. The summed E-state index contributed by atoms with van der Waals surface area (Å²) in [5.41, 5.74) is 6.52. The summed E-state index contributed by atoms with van der Waals surface area (Å²) in [7, 11) is -3.09. The van der Waals surface area contributed by atoms with E-state index in [2.05, 4.69) is 9.97 Å². The van der Waals surface area contributed by atoms with E-state index in [1.165, 1.54) is 0 Å². The summed E-state index contributed by atoms with van der Waals surface area (Å²) in [6, 6.07) is 1.70. The highest BCUT2D eigenvalue weighted by Gasteiger charge is 2.33. The van der Waals surface area contributed by atoms with Gasteiger partial charge < -0.3 is 5.73 Å². The van der Waals surface area contributed by atoms with Gasteiger partial charge in [-0.1, -0.05) is 6.92 Å². The van der Waals surface area contributed by atoms with Crippen molar-refractivity contribution in [2.75, 3.05) is 29.5 Å². The Kier molecular flexibility index (Phi) is 4.87. The molecule has 1 atom stereocenters. The summed E-state index contributed by atoms with van der Waals surface area (Å²) in [6.07, 6.45) is 0. The third-order valence-corrected chi connectivity index (χ3v) is 6.60. The molecule has 1 saturated heterocycles. The zero-order valence-corrected chi connectivity index (χ0v) is 13.4. The average molecular weight is 316 g/mol. The Bertz CT molecular complexity index is 557. The van der Waals surface area contributed by atoms with Gasteiger partial charge in [0.1, 0.15) is 17.0 Å². The zero-order chi connectivity index (χ0) is 14.8. The maximum absolute atomic E-state index is 12.2. The number of aromatic nitrogens is 2. The van der Waals surface area contributed by atoms with Crippen LogP contribution in [-0.4, -0.2) is 52.5 Å². The number of sulfone groups is 1. The third-order valence-electron chi connectivity index (χ3n) is 3.27. The minimum absolute atomic E-state index is 0.158. The number of rotatable bonds is 4. The lowest BCUT2D eigenvalue weighted by atomic mass is 10.4. The van der Waals surface area contributed by atoms with Crippen LogP contribution in [-0.2, 0) is 16.4 Å². The average Bonchev–Trinajstić information content (AvgIpc) is 2.38. The Morgan fingerprint density at radius 2 is 2.25 bits per heavy atom. The SMILES string of the molecule is CCS(=O)(=O)C1CSCCN1Cc1nc(C)cc(N)n1. The molecule has 0 spiro atoms. The number of aryl methyl sites for hydroxylation is 1. The smallest absolute Gasteiger partial charge is 0.166 e. The highest BCUT2D eigenvalue weighted by molar-refractivity contribution is 8.01. The van der Waals surface area contributed by atoms with Crippen LogP contribution in [0.15, 0.2) is 6.07 Å². The van der Waals surface area contributed by atoms with Crippen molar-refractivity contribution in [2.45, 2.75) is 25.8 Å². The second-order valence-electron chi connectivity index (χ2n) is 4.80. The number of nitrogens with two attached hydrogens (primary N) is 1. The molecule has 1 unspecified atom stereocenters. The first kappa shape index (κ1) is 15.5. The highest BCUT2D eigenvalue weighted by atomic mass is 32.2. The molecule has 0 aromatic carbocycles. The molecule has 0 amide bonds. The van der Waals surface area contributed by atoms with Crippen LogP contribution in [0.25, 0.3) is 0 Å². The molecule has 112 valence electrons. The van der Waals surface area contributed by atoms with Gasteiger partial charge >= 0.3 is 0 Å². The van der Waals surface area contributed by atoms with Crippen LogP contribution in [0.5, 0.6) is 0 Å². The van der Waals surface area contributed by atoms with Gasteiger partial charge in [-0.2, -0.15) is 11.8 Å². The fraction of sp³-hybridized carbons (Fsp3) is 0.667. The van der Waals surface area contributed by atoms with Crippen molar-refractivity contribution < 1.29 is 8.42 Å². The van der Waals surface area contributed by atoms with Crippen LogP contribution in [0, 0.1) is 6.92 Å². The lowest BCUT2D eigenvalue weighted by molar-refractivity contribution is 0.255. The van der Waals surface area contributed by atoms with E-state index < -0.39 is 15.2 Å². The van der Waals surface area contributed by atoms with Crippen LogP contribution in [0.3, 0.4) is 0 Å². The standard InChI is InChI=1S/C12H20N4O2S2/c1-3-20(17,18)12-8-19-5-4-16(12)7-11-14-9(2)6-10(13)15-11/h6,12H,3-5,7-8H2,1-2H3,(H2,13,14,15). The minimum atomic E-state index is -3.09. The lowest BCUT2D eigenvalue weighted by Gasteiger charge is -2.34. The molecule has 0 radical (unpaired) electrons. The Morgan fingerprint density at radius 1 is 1.50 bits per heavy atom. The van der Waals surface area contributed by atoms with Gasteiger partial charge in [0.25, 0.3) is 0 Å². The van der Waals surface area contributed by atoms with Crippen molar-refractivity contribution in [3.05, 3.63) is 17.6 Å². The number of hydrogen-bond donors (Lipinski definition) is 1. The van der Waals surface area contributed by atoms with Gasteiger partial charge in [0.15, 0.2) is 9.84 Å². The largest absolute Gasteiger partial charge is 0.384 e. The first-order valence-electron chi connectivity index (χ1n) is 6.56. The number of thioether (sulfide) groups is 1. The maximum atomic E-state index is 12.2. The van der Waals surface area contributed by atoms with E-state index in [0.29, 0.717) is 23.9 Å². The van der Waals surface area contributed by atoms with Crippen molar-refractivity contribution >= 4 is 27.4 Å². The van der Waals surface area contributed by atoms with E-state index in [0.717, 1.165) is 18.0 Å². The minimum Gasteiger partial charge on any atom is -0.384 e. The molecule has 0 saturated carbocycles. The summed E-state index contributed by atoms with van der Waals surface area (Å²) >= 11 is 1.68. The van der Waals surface area contributed by atoms with E-state index in [-0.39, 0.29) is 5.75 Å². The van der Waals surface area contributed by atoms with E-state index >= 15 is 0 Å². The molecule has 1 aromatic rings. The number of nitrogens with zero attached hydrogens (tertiary/aromatic N) is 3. The lowest BCUT2D eigenvalue weighted by Crippen LogP contribution is -2.47. The van der Waals surface area contributed by atoms with Crippen molar-refractivity contribution in [3.63, 3.8) is 0 Å². The van der Waals surface area contributed by atoms with Gasteiger partial charge in [0.2, 0.25) is 0 Å². The summed E-state index contributed by atoms with van der Waals surface area (Å²) in [5, 5.41) is -0.448. The molecule has 1 aliphatic rings. The van der Waals surface area contributed by atoms with Crippen molar-refractivity contribution in [3.8, 4) is 0 Å². The second-order valence-corrected chi connectivity index (χ2v) is 8.40. The topological polar surface area (TPSA) is 89.2 Å². The Labute approximate surface area is 124 Å². The summed E-state index contributed by atoms with van der Waals surface area (Å²) in [4.78, 5) is 10.5. The highest BCUT2D eigenvalue weighted by Crippen LogP contribution is 2.22. The molecule has 0 bridgehead atoms. The monoisotopic (exact) mass is 316 g/mol. The second kappa shape index (κ2) is 6.28. The maximum Gasteiger partial charge on any atom is 0.166 e. The molecule has 2 N–H and O–H groups in total.